The predicted molar refractivity (Wildman–Crippen MR) is 45.1 cm³/mol. The lowest BCUT2D eigenvalue weighted by Crippen LogP contribution is -2.08. The number of rotatable bonds is 3. The van der Waals surface area contributed by atoms with Crippen LogP contribution in [0.3, 0.4) is 0 Å². The second-order valence-electron chi connectivity index (χ2n) is 2.82. The minimum atomic E-state index is 0.0336. The smallest absolute Gasteiger partial charge is 0.0950 e. The van der Waals surface area contributed by atoms with Gasteiger partial charge in [0, 0.05) is 11.6 Å². The van der Waals surface area contributed by atoms with Crippen LogP contribution in [0.15, 0.2) is 35.2 Å². The van der Waals surface area contributed by atoms with Crippen molar-refractivity contribution in [3.63, 3.8) is 0 Å². The summed E-state index contributed by atoms with van der Waals surface area (Å²) in [5, 5.41) is 0. The molecule has 0 aliphatic carbocycles. The van der Waals surface area contributed by atoms with E-state index in [0.717, 1.165) is 17.6 Å². The highest BCUT2D eigenvalue weighted by atomic mass is 16.3. The number of nitrogens with two attached hydrogens (primary N) is 1. The first-order valence-electron chi connectivity index (χ1n) is 3.62. The van der Waals surface area contributed by atoms with Crippen molar-refractivity contribution in [2.24, 2.45) is 5.73 Å². The van der Waals surface area contributed by atoms with Gasteiger partial charge in [-0.25, -0.2) is 0 Å². The zero-order valence-corrected chi connectivity index (χ0v) is 6.71. The maximum atomic E-state index is 5.82. The molecule has 0 amide bonds. The molecule has 0 aromatic carbocycles. The molecule has 0 bridgehead atoms. The first kappa shape index (κ1) is 8.08. The van der Waals surface area contributed by atoms with Crippen molar-refractivity contribution >= 4 is 0 Å². The van der Waals surface area contributed by atoms with Gasteiger partial charge < -0.3 is 10.2 Å². The Kier molecular flexibility index (Phi) is 2.49. The minimum Gasteiger partial charge on any atom is -0.472 e. The SMILES string of the molecule is C=C(C)C[C@H](N)c1ccoc1. The molecule has 11 heavy (non-hydrogen) atoms. The molecular formula is C9H13NO. The van der Waals surface area contributed by atoms with Gasteiger partial charge in [0.05, 0.1) is 12.5 Å². The van der Waals surface area contributed by atoms with Crippen LogP contribution in [0.1, 0.15) is 24.9 Å². The van der Waals surface area contributed by atoms with E-state index in [1.165, 1.54) is 0 Å². The van der Waals surface area contributed by atoms with Crippen molar-refractivity contribution in [1.29, 1.82) is 0 Å². The molecule has 0 radical (unpaired) electrons. The number of hydrogen-bond donors (Lipinski definition) is 1. The van der Waals surface area contributed by atoms with Gasteiger partial charge in [-0.2, -0.15) is 0 Å². The second kappa shape index (κ2) is 3.39. The lowest BCUT2D eigenvalue weighted by Gasteiger charge is -2.07. The van der Waals surface area contributed by atoms with Crippen LogP contribution in [0, 0.1) is 0 Å². The minimum absolute atomic E-state index is 0.0336. The molecule has 1 heterocycles. The molecule has 0 saturated carbocycles. The van der Waals surface area contributed by atoms with Gasteiger partial charge in [-0.05, 0) is 19.4 Å². The van der Waals surface area contributed by atoms with Crippen LogP contribution in [0.2, 0.25) is 0 Å². The molecule has 0 aliphatic rings. The summed E-state index contributed by atoms with van der Waals surface area (Å²) in [6.45, 7) is 5.77. The van der Waals surface area contributed by atoms with E-state index in [1.807, 2.05) is 13.0 Å². The van der Waals surface area contributed by atoms with Gasteiger partial charge in [-0.15, -0.1) is 6.58 Å². The molecule has 1 aromatic rings. The highest BCUT2D eigenvalue weighted by molar-refractivity contribution is 5.13. The van der Waals surface area contributed by atoms with Crippen molar-refractivity contribution in [2.45, 2.75) is 19.4 Å². The summed E-state index contributed by atoms with van der Waals surface area (Å²) in [4.78, 5) is 0. The van der Waals surface area contributed by atoms with Crippen LogP contribution in [-0.2, 0) is 0 Å². The Morgan fingerprint density at radius 1 is 1.82 bits per heavy atom. The Balaban J connectivity index is 2.56. The summed E-state index contributed by atoms with van der Waals surface area (Å²) < 4.78 is 4.91. The average molecular weight is 151 g/mol. The van der Waals surface area contributed by atoms with E-state index in [4.69, 9.17) is 10.2 Å². The highest BCUT2D eigenvalue weighted by Crippen LogP contribution is 2.17. The normalized spacial score (nSPS) is 12.9. The zero-order chi connectivity index (χ0) is 8.27. The highest BCUT2D eigenvalue weighted by Gasteiger charge is 2.05. The standard InChI is InChI=1S/C9H13NO/c1-7(2)5-9(10)8-3-4-11-6-8/h3-4,6,9H,1,5,10H2,2H3/t9-/m0/s1. The monoisotopic (exact) mass is 151 g/mol. The molecule has 60 valence electrons. The van der Waals surface area contributed by atoms with E-state index in [9.17, 15) is 0 Å². The predicted octanol–water partition coefficient (Wildman–Crippen LogP) is 2.25. The van der Waals surface area contributed by atoms with Crippen molar-refractivity contribution in [2.75, 3.05) is 0 Å². The third-order valence-corrected chi connectivity index (χ3v) is 1.54. The van der Waals surface area contributed by atoms with Gasteiger partial charge in [0.1, 0.15) is 0 Å². The molecule has 1 rings (SSSR count). The fraction of sp³-hybridized carbons (Fsp3) is 0.333. The summed E-state index contributed by atoms with van der Waals surface area (Å²) >= 11 is 0. The fourth-order valence-corrected chi connectivity index (χ4v) is 0.979. The largest absolute Gasteiger partial charge is 0.472 e. The van der Waals surface area contributed by atoms with Gasteiger partial charge in [-0.1, -0.05) is 5.57 Å². The quantitative estimate of drug-likeness (QED) is 0.673. The maximum absolute atomic E-state index is 5.82. The lowest BCUT2D eigenvalue weighted by atomic mass is 10.0. The van der Waals surface area contributed by atoms with Gasteiger partial charge in [-0.3, -0.25) is 0 Å². The van der Waals surface area contributed by atoms with Crippen LogP contribution in [0.5, 0.6) is 0 Å². The second-order valence-corrected chi connectivity index (χ2v) is 2.82. The van der Waals surface area contributed by atoms with Crippen molar-refractivity contribution in [1.82, 2.24) is 0 Å². The van der Waals surface area contributed by atoms with Crippen LogP contribution < -0.4 is 5.73 Å². The molecule has 0 saturated heterocycles. The topological polar surface area (TPSA) is 39.2 Å². The molecule has 2 N–H and O–H groups in total. The van der Waals surface area contributed by atoms with Crippen molar-refractivity contribution < 1.29 is 4.42 Å². The van der Waals surface area contributed by atoms with Gasteiger partial charge in [0.15, 0.2) is 0 Å². The maximum Gasteiger partial charge on any atom is 0.0950 e. The van der Waals surface area contributed by atoms with Crippen LogP contribution in [0.25, 0.3) is 0 Å². The molecule has 0 spiro atoms. The first-order chi connectivity index (χ1) is 5.20. The Labute approximate surface area is 66.7 Å². The van der Waals surface area contributed by atoms with E-state index in [2.05, 4.69) is 6.58 Å². The Morgan fingerprint density at radius 2 is 2.55 bits per heavy atom. The Hall–Kier alpha value is -1.02. The summed E-state index contributed by atoms with van der Waals surface area (Å²) in [5.41, 5.74) is 7.95. The number of hydrogen-bond acceptors (Lipinski definition) is 2. The molecular weight excluding hydrogens is 138 g/mol. The van der Waals surface area contributed by atoms with Gasteiger partial charge in [0.25, 0.3) is 0 Å². The third kappa shape index (κ3) is 2.24. The molecule has 0 fully saturated rings. The van der Waals surface area contributed by atoms with Crippen molar-refractivity contribution in [3.05, 3.63) is 36.3 Å². The average Bonchev–Trinajstić information content (AvgIpc) is 2.35. The van der Waals surface area contributed by atoms with Crippen molar-refractivity contribution in [3.8, 4) is 0 Å². The molecule has 0 unspecified atom stereocenters. The molecule has 1 atom stereocenters. The summed E-state index contributed by atoms with van der Waals surface area (Å²) in [6.07, 6.45) is 4.13. The van der Waals surface area contributed by atoms with E-state index in [0.29, 0.717) is 0 Å². The molecule has 1 aromatic heterocycles. The molecule has 0 aliphatic heterocycles. The number of furan rings is 1. The van der Waals surface area contributed by atoms with E-state index >= 15 is 0 Å². The van der Waals surface area contributed by atoms with Crippen LogP contribution in [-0.4, -0.2) is 0 Å². The van der Waals surface area contributed by atoms with E-state index in [1.54, 1.807) is 12.5 Å². The summed E-state index contributed by atoms with van der Waals surface area (Å²) in [7, 11) is 0. The zero-order valence-electron chi connectivity index (χ0n) is 6.71. The van der Waals surface area contributed by atoms with E-state index < -0.39 is 0 Å². The molecule has 2 heteroatoms. The summed E-state index contributed by atoms with van der Waals surface area (Å²) in [5.74, 6) is 0. The first-order valence-corrected chi connectivity index (χ1v) is 3.62. The summed E-state index contributed by atoms with van der Waals surface area (Å²) in [6, 6.07) is 1.92. The Morgan fingerprint density at radius 3 is 3.00 bits per heavy atom. The molecule has 2 nitrogen and oxygen atoms in total. The van der Waals surface area contributed by atoms with E-state index in [-0.39, 0.29) is 6.04 Å². The Bertz CT molecular complexity index is 226. The van der Waals surface area contributed by atoms with Gasteiger partial charge >= 0.3 is 0 Å². The van der Waals surface area contributed by atoms with Crippen LogP contribution in [0.4, 0.5) is 0 Å². The van der Waals surface area contributed by atoms with Crippen LogP contribution >= 0.6 is 0 Å². The fourth-order valence-electron chi connectivity index (χ4n) is 0.979. The van der Waals surface area contributed by atoms with Gasteiger partial charge in [0.2, 0.25) is 0 Å². The third-order valence-electron chi connectivity index (χ3n) is 1.54. The lowest BCUT2D eigenvalue weighted by molar-refractivity contribution is 0.558.